The maximum atomic E-state index is 12.7. The summed E-state index contributed by atoms with van der Waals surface area (Å²) in [6.07, 6.45) is -0.229. The highest BCUT2D eigenvalue weighted by atomic mass is 35.5. The second-order valence-electron chi connectivity index (χ2n) is 7.39. The van der Waals surface area contributed by atoms with Gasteiger partial charge >= 0.3 is 17.8 Å². The SMILES string of the molecule is COC(=O)[C@@]12ON=C(c3cc(Cl)cc(Cl)c3)[C@@H]1CCN2C(=O)OC(C)(C)C. The highest BCUT2D eigenvalue weighted by Gasteiger charge is 2.66. The number of ether oxygens (including phenoxy) is 2. The number of carbonyl (C=O) groups excluding carboxylic acids is 2. The Balaban J connectivity index is 1.99. The molecule has 9 heteroatoms. The first-order chi connectivity index (χ1) is 12.6. The van der Waals surface area contributed by atoms with Gasteiger partial charge in [0.1, 0.15) is 5.60 Å². The van der Waals surface area contributed by atoms with Crippen molar-refractivity contribution in [2.75, 3.05) is 13.7 Å². The zero-order valence-electron chi connectivity index (χ0n) is 15.4. The van der Waals surface area contributed by atoms with E-state index in [2.05, 4.69) is 5.16 Å². The van der Waals surface area contributed by atoms with Crippen molar-refractivity contribution < 1.29 is 23.9 Å². The lowest BCUT2D eigenvalue weighted by molar-refractivity contribution is -0.190. The molecule has 0 aromatic heterocycles. The first-order valence-corrected chi connectivity index (χ1v) is 9.15. The van der Waals surface area contributed by atoms with Crippen LogP contribution >= 0.6 is 23.2 Å². The summed E-state index contributed by atoms with van der Waals surface area (Å²) in [7, 11) is 1.23. The van der Waals surface area contributed by atoms with Crippen LogP contribution in [0.3, 0.4) is 0 Å². The number of esters is 1. The summed E-state index contributed by atoms with van der Waals surface area (Å²) in [4.78, 5) is 32.2. The topological polar surface area (TPSA) is 77.4 Å². The van der Waals surface area contributed by atoms with Crippen molar-refractivity contribution in [3.63, 3.8) is 0 Å². The highest BCUT2D eigenvalue weighted by molar-refractivity contribution is 6.35. The van der Waals surface area contributed by atoms with Crippen LogP contribution in [0.4, 0.5) is 4.79 Å². The molecule has 1 fully saturated rings. The molecule has 0 bridgehead atoms. The third-order valence-corrected chi connectivity index (χ3v) is 4.81. The fourth-order valence-corrected chi connectivity index (χ4v) is 3.89. The van der Waals surface area contributed by atoms with Crippen molar-refractivity contribution >= 4 is 41.0 Å². The molecule has 0 unspecified atom stereocenters. The number of hydrogen-bond acceptors (Lipinski definition) is 6. The van der Waals surface area contributed by atoms with Gasteiger partial charge in [-0.25, -0.2) is 9.59 Å². The Hall–Kier alpha value is -1.99. The van der Waals surface area contributed by atoms with Gasteiger partial charge in [0.25, 0.3) is 0 Å². The number of oxime groups is 1. The molecular weight excluding hydrogens is 395 g/mol. The molecule has 0 radical (unpaired) electrons. The number of rotatable bonds is 2. The molecule has 146 valence electrons. The third kappa shape index (κ3) is 3.46. The van der Waals surface area contributed by atoms with E-state index in [1.165, 1.54) is 12.0 Å². The van der Waals surface area contributed by atoms with Crippen LogP contribution < -0.4 is 0 Å². The van der Waals surface area contributed by atoms with E-state index in [1.807, 2.05) is 0 Å². The Labute approximate surface area is 167 Å². The summed E-state index contributed by atoms with van der Waals surface area (Å²) < 4.78 is 10.4. The van der Waals surface area contributed by atoms with Crippen molar-refractivity contribution in [2.24, 2.45) is 11.1 Å². The van der Waals surface area contributed by atoms with Crippen molar-refractivity contribution in [1.82, 2.24) is 4.90 Å². The van der Waals surface area contributed by atoms with E-state index in [1.54, 1.807) is 39.0 Å². The van der Waals surface area contributed by atoms with E-state index < -0.39 is 29.3 Å². The van der Waals surface area contributed by atoms with E-state index in [9.17, 15) is 9.59 Å². The fraction of sp³-hybridized carbons (Fsp3) is 0.500. The Kier molecular flexibility index (Phi) is 5.03. The summed E-state index contributed by atoms with van der Waals surface area (Å²) in [5.74, 6) is -1.25. The van der Waals surface area contributed by atoms with E-state index in [0.717, 1.165) is 0 Å². The standard InChI is InChI=1S/C18H20Cl2N2O5/c1-17(2,3)26-16(24)22-6-5-13-14(10-7-11(19)9-12(20)8-10)21-27-18(13,22)15(23)25-4/h7-9,13H,5-6H2,1-4H3/t13-,18-/m0/s1. The van der Waals surface area contributed by atoms with Crippen molar-refractivity contribution in [3.05, 3.63) is 33.8 Å². The van der Waals surface area contributed by atoms with Crippen LogP contribution in [0, 0.1) is 5.92 Å². The number of nitrogens with zero attached hydrogens (tertiary/aromatic N) is 2. The van der Waals surface area contributed by atoms with Gasteiger partial charge < -0.3 is 14.3 Å². The van der Waals surface area contributed by atoms with Gasteiger partial charge in [-0.15, -0.1) is 0 Å². The fourth-order valence-electron chi connectivity index (χ4n) is 3.36. The number of fused-ring (bicyclic) bond motifs is 1. The van der Waals surface area contributed by atoms with E-state index >= 15 is 0 Å². The molecule has 1 amide bonds. The van der Waals surface area contributed by atoms with Gasteiger partial charge in [0.15, 0.2) is 0 Å². The minimum atomic E-state index is -1.71. The number of hydrogen-bond donors (Lipinski definition) is 0. The van der Waals surface area contributed by atoms with E-state index in [4.69, 9.17) is 37.5 Å². The molecule has 0 N–H and O–H groups in total. The zero-order valence-corrected chi connectivity index (χ0v) is 16.9. The smallest absolute Gasteiger partial charge is 0.413 e. The monoisotopic (exact) mass is 414 g/mol. The Morgan fingerprint density at radius 1 is 1.26 bits per heavy atom. The van der Waals surface area contributed by atoms with Crippen LogP contribution in [0.2, 0.25) is 10.0 Å². The van der Waals surface area contributed by atoms with Crippen LogP contribution in [0.15, 0.2) is 23.4 Å². The summed E-state index contributed by atoms with van der Waals surface area (Å²) in [6.45, 7) is 5.49. The van der Waals surface area contributed by atoms with Gasteiger partial charge in [-0.1, -0.05) is 28.4 Å². The van der Waals surface area contributed by atoms with Crippen LogP contribution in [-0.2, 0) is 19.1 Å². The maximum Gasteiger partial charge on any atom is 0.413 e. The molecule has 2 aliphatic rings. The summed E-state index contributed by atoms with van der Waals surface area (Å²) in [5.41, 5.74) is -1.33. The lowest BCUT2D eigenvalue weighted by Gasteiger charge is -2.34. The average Bonchev–Trinajstić information content (AvgIpc) is 3.08. The molecule has 7 nitrogen and oxygen atoms in total. The average molecular weight is 415 g/mol. The van der Waals surface area contributed by atoms with Crippen molar-refractivity contribution in [2.45, 2.75) is 38.5 Å². The number of methoxy groups -OCH3 is 1. The largest absolute Gasteiger partial charge is 0.465 e. The number of amides is 1. The Bertz CT molecular complexity index is 800. The Morgan fingerprint density at radius 3 is 2.44 bits per heavy atom. The lowest BCUT2D eigenvalue weighted by atomic mass is 9.88. The van der Waals surface area contributed by atoms with Crippen LogP contribution in [-0.4, -0.2) is 47.7 Å². The molecule has 1 aromatic rings. The highest BCUT2D eigenvalue weighted by Crippen LogP contribution is 2.45. The number of carbonyl (C=O) groups is 2. The van der Waals surface area contributed by atoms with Crippen LogP contribution in [0.25, 0.3) is 0 Å². The first kappa shape index (κ1) is 19.8. The molecule has 2 aliphatic heterocycles. The molecule has 2 heterocycles. The quantitative estimate of drug-likeness (QED) is 0.686. The summed E-state index contributed by atoms with van der Waals surface area (Å²) >= 11 is 12.2. The van der Waals surface area contributed by atoms with Gasteiger partial charge in [-0.05, 0) is 45.4 Å². The second-order valence-corrected chi connectivity index (χ2v) is 8.26. The molecule has 27 heavy (non-hydrogen) atoms. The molecule has 1 saturated heterocycles. The molecule has 0 saturated carbocycles. The molecule has 2 atom stereocenters. The molecule has 0 aliphatic carbocycles. The molecule has 0 spiro atoms. The van der Waals surface area contributed by atoms with Gasteiger partial charge in [0.05, 0.1) is 18.7 Å². The minimum absolute atomic E-state index is 0.252. The predicted octanol–water partition coefficient (Wildman–Crippen LogP) is 3.85. The number of benzene rings is 1. The zero-order chi connectivity index (χ0) is 20.0. The molecule has 3 rings (SSSR count). The van der Waals surface area contributed by atoms with Gasteiger partial charge in [-0.2, -0.15) is 0 Å². The summed E-state index contributed by atoms with van der Waals surface area (Å²) in [6, 6.07) is 4.95. The number of likely N-dealkylation sites (tertiary alicyclic amines) is 1. The van der Waals surface area contributed by atoms with Crippen LogP contribution in [0.1, 0.15) is 32.8 Å². The normalized spacial score (nSPS) is 24.1. The van der Waals surface area contributed by atoms with Gasteiger partial charge in [0, 0.05) is 22.2 Å². The van der Waals surface area contributed by atoms with E-state index in [0.29, 0.717) is 27.7 Å². The molecular formula is C18H20Cl2N2O5. The maximum absolute atomic E-state index is 12.7. The Morgan fingerprint density at radius 2 is 1.89 bits per heavy atom. The number of halogens is 2. The predicted molar refractivity (Wildman–Crippen MR) is 99.9 cm³/mol. The van der Waals surface area contributed by atoms with Crippen LogP contribution in [0.5, 0.6) is 0 Å². The summed E-state index contributed by atoms with van der Waals surface area (Å²) in [5, 5.41) is 4.95. The van der Waals surface area contributed by atoms with Crippen molar-refractivity contribution in [3.8, 4) is 0 Å². The van der Waals surface area contributed by atoms with Gasteiger partial charge in [-0.3, -0.25) is 4.90 Å². The first-order valence-electron chi connectivity index (χ1n) is 8.40. The minimum Gasteiger partial charge on any atom is -0.465 e. The molecule has 1 aromatic carbocycles. The third-order valence-electron chi connectivity index (χ3n) is 4.38. The second kappa shape index (κ2) is 6.87. The van der Waals surface area contributed by atoms with E-state index in [-0.39, 0.29) is 6.54 Å². The lowest BCUT2D eigenvalue weighted by Crippen LogP contribution is -2.58. The van der Waals surface area contributed by atoms with Gasteiger partial charge in [0.2, 0.25) is 0 Å². The van der Waals surface area contributed by atoms with Crippen molar-refractivity contribution in [1.29, 1.82) is 0 Å².